The number of nitrogens with one attached hydrogen (secondary N) is 1. The fourth-order valence-electron chi connectivity index (χ4n) is 3.17. The number of benzene rings is 1. The summed E-state index contributed by atoms with van der Waals surface area (Å²) in [6.45, 7) is 5.70. The Morgan fingerprint density at radius 2 is 2.26 bits per heavy atom. The van der Waals surface area contributed by atoms with E-state index >= 15 is 0 Å². The average molecular weight is 314 g/mol. The predicted octanol–water partition coefficient (Wildman–Crippen LogP) is 1.62. The number of carbonyl (C=O) groups excluding carboxylic acids is 2. The van der Waals surface area contributed by atoms with Crippen LogP contribution in [-0.4, -0.2) is 42.5 Å². The molecule has 3 rings (SSSR count). The first-order valence-electron chi connectivity index (χ1n) is 8.08. The zero-order valence-electron chi connectivity index (χ0n) is 13.5. The quantitative estimate of drug-likeness (QED) is 0.863. The summed E-state index contributed by atoms with van der Waals surface area (Å²) >= 11 is 0. The van der Waals surface area contributed by atoms with E-state index in [4.69, 9.17) is 4.74 Å². The Labute approximate surface area is 136 Å². The molecule has 122 valence electrons. The average Bonchev–Trinajstić information content (AvgIpc) is 2.99. The highest BCUT2D eigenvalue weighted by molar-refractivity contribution is 5.96. The minimum atomic E-state index is -0.394. The number of piperazine rings is 1. The van der Waals surface area contributed by atoms with Crippen molar-refractivity contribution in [2.45, 2.75) is 26.3 Å². The molecule has 1 fully saturated rings. The number of nitrogens with zero attached hydrogens (tertiary/aromatic N) is 1. The van der Waals surface area contributed by atoms with E-state index in [1.807, 2.05) is 32.1 Å². The van der Waals surface area contributed by atoms with E-state index < -0.39 is 6.04 Å². The number of fused-ring (bicyclic) bond motifs is 1. The molecule has 5 nitrogen and oxygen atoms in total. The zero-order chi connectivity index (χ0) is 16.4. The molecule has 0 aromatic heterocycles. The second kappa shape index (κ2) is 6.44. The highest BCUT2D eigenvalue weighted by atomic mass is 16.5. The Bertz CT molecular complexity index is 652. The molecule has 0 aliphatic carbocycles. The lowest BCUT2D eigenvalue weighted by Gasteiger charge is -2.36. The van der Waals surface area contributed by atoms with Gasteiger partial charge in [-0.2, -0.15) is 0 Å². The van der Waals surface area contributed by atoms with E-state index in [-0.39, 0.29) is 17.7 Å². The Hall–Kier alpha value is -2.30. The smallest absolute Gasteiger partial charge is 0.247 e. The molecule has 23 heavy (non-hydrogen) atoms. The lowest BCUT2D eigenvalue weighted by molar-refractivity contribution is -0.141. The van der Waals surface area contributed by atoms with Crippen LogP contribution in [0.5, 0.6) is 5.75 Å². The van der Waals surface area contributed by atoms with Crippen LogP contribution in [0.15, 0.2) is 24.3 Å². The monoisotopic (exact) mass is 314 g/mol. The van der Waals surface area contributed by atoms with Gasteiger partial charge in [0.1, 0.15) is 11.8 Å². The van der Waals surface area contributed by atoms with Gasteiger partial charge in [-0.1, -0.05) is 19.9 Å². The summed E-state index contributed by atoms with van der Waals surface area (Å²) in [5.74, 6) is 0.837. The molecule has 1 aromatic rings. The summed E-state index contributed by atoms with van der Waals surface area (Å²) in [6.07, 6.45) is 4.28. The van der Waals surface area contributed by atoms with Crippen LogP contribution >= 0.6 is 0 Å². The molecule has 0 spiro atoms. The van der Waals surface area contributed by atoms with Crippen molar-refractivity contribution in [3.8, 4) is 5.75 Å². The lowest BCUT2D eigenvalue weighted by Crippen LogP contribution is -2.58. The van der Waals surface area contributed by atoms with Gasteiger partial charge < -0.3 is 15.0 Å². The van der Waals surface area contributed by atoms with Crippen LogP contribution in [0.1, 0.15) is 25.0 Å². The molecule has 5 heteroatoms. The summed E-state index contributed by atoms with van der Waals surface area (Å²) in [5.41, 5.74) is 2.15. The van der Waals surface area contributed by atoms with Crippen molar-refractivity contribution in [1.29, 1.82) is 0 Å². The van der Waals surface area contributed by atoms with Gasteiger partial charge >= 0.3 is 0 Å². The number of amides is 2. The summed E-state index contributed by atoms with van der Waals surface area (Å²) in [5, 5.41) is 2.83. The molecule has 0 radical (unpaired) electrons. The van der Waals surface area contributed by atoms with Crippen molar-refractivity contribution in [1.82, 2.24) is 10.2 Å². The van der Waals surface area contributed by atoms with Crippen LogP contribution in [-0.2, 0) is 16.0 Å². The molecule has 1 aromatic carbocycles. The molecule has 2 heterocycles. The second-order valence-corrected chi connectivity index (χ2v) is 6.31. The van der Waals surface area contributed by atoms with Gasteiger partial charge in [-0.3, -0.25) is 9.59 Å². The van der Waals surface area contributed by atoms with E-state index in [1.165, 1.54) is 5.56 Å². The molecule has 2 amide bonds. The normalized spacial score (nSPS) is 20.6. The first-order valence-corrected chi connectivity index (χ1v) is 8.08. The summed E-state index contributed by atoms with van der Waals surface area (Å²) in [7, 11) is 0. The van der Waals surface area contributed by atoms with Gasteiger partial charge in [0, 0.05) is 25.6 Å². The summed E-state index contributed by atoms with van der Waals surface area (Å²) < 4.78 is 5.48. The number of hydrogen-bond donors (Lipinski definition) is 1. The Morgan fingerprint density at radius 1 is 1.43 bits per heavy atom. The van der Waals surface area contributed by atoms with E-state index in [0.29, 0.717) is 13.1 Å². The standard InChI is InChI=1S/C18H22N2O3/c1-12(2)17-18(22)19-8-9-20(17)16(21)6-4-13-3-5-15-14(11-13)7-10-23-15/h3-6,11-12,17H,7-10H2,1-2H3,(H,19,22). The SMILES string of the molecule is CC(C)C1C(=O)NCCN1C(=O)C=Cc1ccc2c(c1)CCO2. The van der Waals surface area contributed by atoms with Crippen molar-refractivity contribution in [3.05, 3.63) is 35.4 Å². The van der Waals surface area contributed by atoms with Gasteiger partial charge in [0.15, 0.2) is 0 Å². The van der Waals surface area contributed by atoms with Crippen LogP contribution in [0.2, 0.25) is 0 Å². The second-order valence-electron chi connectivity index (χ2n) is 6.31. The van der Waals surface area contributed by atoms with Crippen LogP contribution in [0.3, 0.4) is 0 Å². The number of ether oxygens (including phenoxy) is 1. The first-order chi connectivity index (χ1) is 11.1. The first kappa shape index (κ1) is 15.6. The van der Waals surface area contributed by atoms with Gasteiger partial charge in [-0.15, -0.1) is 0 Å². The topological polar surface area (TPSA) is 58.6 Å². The largest absolute Gasteiger partial charge is 0.493 e. The summed E-state index contributed by atoms with van der Waals surface area (Å²) in [4.78, 5) is 26.2. The van der Waals surface area contributed by atoms with E-state index in [9.17, 15) is 9.59 Å². The van der Waals surface area contributed by atoms with Crippen LogP contribution in [0, 0.1) is 5.92 Å². The van der Waals surface area contributed by atoms with E-state index in [2.05, 4.69) is 11.4 Å². The van der Waals surface area contributed by atoms with Crippen molar-refractivity contribution in [3.63, 3.8) is 0 Å². The maximum atomic E-state index is 12.5. The maximum Gasteiger partial charge on any atom is 0.247 e. The molecule has 1 unspecified atom stereocenters. The third kappa shape index (κ3) is 3.23. The van der Waals surface area contributed by atoms with Crippen LogP contribution in [0.25, 0.3) is 6.08 Å². The number of hydrogen-bond acceptors (Lipinski definition) is 3. The molecule has 1 atom stereocenters. The van der Waals surface area contributed by atoms with Gasteiger partial charge in [0.2, 0.25) is 11.8 Å². The van der Waals surface area contributed by atoms with E-state index in [0.717, 1.165) is 24.3 Å². The third-order valence-corrected chi connectivity index (χ3v) is 4.30. The zero-order valence-corrected chi connectivity index (χ0v) is 13.5. The molecule has 1 saturated heterocycles. The van der Waals surface area contributed by atoms with E-state index in [1.54, 1.807) is 11.0 Å². The fourth-order valence-corrected chi connectivity index (χ4v) is 3.17. The van der Waals surface area contributed by atoms with Crippen molar-refractivity contribution in [2.24, 2.45) is 5.92 Å². The third-order valence-electron chi connectivity index (χ3n) is 4.30. The summed E-state index contributed by atoms with van der Waals surface area (Å²) in [6, 6.07) is 5.54. The molecular weight excluding hydrogens is 292 g/mol. The maximum absolute atomic E-state index is 12.5. The highest BCUT2D eigenvalue weighted by Crippen LogP contribution is 2.26. The van der Waals surface area contributed by atoms with Gasteiger partial charge in [0.05, 0.1) is 6.61 Å². The van der Waals surface area contributed by atoms with Crippen LogP contribution < -0.4 is 10.1 Å². The minimum Gasteiger partial charge on any atom is -0.493 e. The number of rotatable bonds is 3. The fraction of sp³-hybridized carbons (Fsp3) is 0.444. The van der Waals surface area contributed by atoms with Crippen molar-refractivity contribution >= 4 is 17.9 Å². The van der Waals surface area contributed by atoms with Crippen molar-refractivity contribution in [2.75, 3.05) is 19.7 Å². The van der Waals surface area contributed by atoms with Crippen LogP contribution in [0.4, 0.5) is 0 Å². The minimum absolute atomic E-state index is 0.0670. The highest BCUT2D eigenvalue weighted by Gasteiger charge is 2.34. The van der Waals surface area contributed by atoms with Gasteiger partial charge in [-0.25, -0.2) is 0 Å². The van der Waals surface area contributed by atoms with Crippen molar-refractivity contribution < 1.29 is 14.3 Å². The molecule has 0 bridgehead atoms. The predicted molar refractivity (Wildman–Crippen MR) is 88.0 cm³/mol. The lowest BCUT2D eigenvalue weighted by atomic mass is 9.99. The molecule has 2 aliphatic heterocycles. The Kier molecular flexibility index (Phi) is 4.37. The number of carbonyl (C=O) groups is 2. The molecule has 2 aliphatic rings. The van der Waals surface area contributed by atoms with Gasteiger partial charge in [0.25, 0.3) is 0 Å². The Morgan fingerprint density at radius 3 is 3.04 bits per heavy atom. The van der Waals surface area contributed by atoms with Gasteiger partial charge in [-0.05, 0) is 35.3 Å². The molecular formula is C18H22N2O3. The Balaban J connectivity index is 1.73. The molecule has 0 saturated carbocycles. The molecule has 1 N–H and O–H groups in total.